The fourth-order valence-corrected chi connectivity index (χ4v) is 3.83. The van der Waals surface area contributed by atoms with E-state index in [1.165, 1.54) is 31.4 Å². The van der Waals surface area contributed by atoms with E-state index in [1.54, 1.807) is 49.4 Å². The van der Waals surface area contributed by atoms with E-state index in [2.05, 4.69) is 5.32 Å². The number of amides is 4. The molecule has 0 aliphatic carbocycles. The highest BCUT2D eigenvalue weighted by atomic mass is 35.5. The van der Waals surface area contributed by atoms with Crippen molar-refractivity contribution in [1.29, 1.82) is 0 Å². The van der Waals surface area contributed by atoms with Crippen LogP contribution in [0.25, 0.3) is 6.08 Å². The van der Waals surface area contributed by atoms with Crippen molar-refractivity contribution in [1.82, 2.24) is 5.32 Å². The molecule has 3 aromatic carbocycles. The second-order valence-electron chi connectivity index (χ2n) is 7.69. The minimum Gasteiger partial charge on any atom is -0.493 e. The first-order chi connectivity index (χ1) is 16.8. The topological polar surface area (TPSA) is 84.9 Å². The van der Waals surface area contributed by atoms with Crippen LogP contribution in [-0.2, 0) is 16.2 Å². The van der Waals surface area contributed by atoms with Gasteiger partial charge in [0.2, 0.25) is 0 Å². The number of para-hydroxylation sites is 1. The van der Waals surface area contributed by atoms with Gasteiger partial charge in [-0.05, 0) is 60.0 Å². The van der Waals surface area contributed by atoms with E-state index in [1.807, 2.05) is 0 Å². The molecule has 4 amide bonds. The fraction of sp³-hybridized carbons (Fsp3) is 0.115. The van der Waals surface area contributed by atoms with Crippen LogP contribution in [0.3, 0.4) is 0 Å². The number of nitrogens with one attached hydrogen (secondary N) is 1. The highest BCUT2D eigenvalue weighted by Gasteiger charge is 2.37. The molecule has 4 rings (SSSR count). The van der Waals surface area contributed by atoms with Gasteiger partial charge < -0.3 is 9.47 Å². The first-order valence-corrected chi connectivity index (χ1v) is 10.9. The average Bonchev–Trinajstić information content (AvgIpc) is 2.83. The van der Waals surface area contributed by atoms with Gasteiger partial charge in [-0.1, -0.05) is 41.9 Å². The first kappa shape index (κ1) is 24.0. The van der Waals surface area contributed by atoms with Crippen LogP contribution in [0.5, 0.6) is 11.5 Å². The molecule has 0 bridgehead atoms. The molecule has 0 unspecified atom stereocenters. The number of carbonyl (C=O) groups is 3. The monoisotopic (exact) mass is 494 g/mol. The van der Waals surface area contributed by atoms with Crippen molar-refractivity contribution in [3.63, 3.8) is 0 Å². The predicted molar refractivity (Wildman–Crippen MR) is 129 cm³/mol. The van der Waals surface area contributed by atoms with E-state index in [9.17, 15) is 18.8 Å². The lowest BCUT2D eigenvalue weighted by Crippen LogP contribution is -2.54. The molecule has 1 aliphatic heterocycles. The number of urea groups is 1. The average molecular weight is 495 g/mol. The van der Waals surface area contributed by atoms with Crippen LogP contribution in [0.4, 0.5) is 14.9 Å². The quantitative estimate of drug-likeness (QED) is 0.383. The SMILES string of the molecule is COc1cc(/C=C2\C(=O)NC(=O)N(c3ccccc3C)C2=O)cc(Cl)c1OCc1ccc(F)cc1. The Kier molecular flexibility index (Phi) is 6.84. The molecule has 1 saturated heterocycles. The minimum absolute atomic E-state index is 0.116. The normalized spacial score (nSPS) is 14.8. The Morgan fingerprint density at radius 2 is 1.77 bits per heavy atom. The lowest BCUT2D eigenvalue weighted by molar-refractivity contribution is -0.122. The maximum Gasteiger partial charge on any atom is 0.335 e. The molecule has 3 aromatic rings. The Balaban J connectivity index is 1.64. The maximum atomic E-state index is 13.2. The number of carbonyl (C=O) groups excluding carboxylic acids is 3. The molecule has 0 saturated carbocycles. The molecule has 0 radical (unpaired) electrons. The van der Waals surface area contributed by atoms with Crippen LogP contribution in [-0.4, -0.2) is 25.0 Å². The van der Waals surface area contributed by atoms with E-state index < -0.39 is 17.8 Å². The van der Waals surface area contributed by atoms with Crippen molar-refractivity contribution in [3.8, 4) is 11.5 Å². The van der Waals surface area contributed by atoms with Crippen molar-refractivity contribution in [2.24, 2.45) is 0 Å². The summed E-state index contributed by atoms with van der Waals surface area (Å²) in [4.78, 5) is 39.0. The number of barbiturate groups is 1. The zero-order chi connectivity index (χ0) is 25.1. The van der Waals surface area contributed by atoms with Crippen LogP contribution in [0.15, 0.2) is 66.2 Å². The van der Waals surface area contributed by atoms with E-state index in [-0.39, 0.29) is 34.5 Å². The van der Waals surface area contributed by atoms with Gasteiger partial charge in [-0.25, -0.2) is 14.1 Å². The molecule has 0 atom stereocenters. The van der Waals surface area contributed by atoms with Gasteiger partial charge in [0.05, 0.1) is 17.8 Å². The fourth-order valence-electron chi connectivity index (χ4n) is 3.56. The summed E-state index contributed by atoms with van der Waals surface area (Å²) in [5.74, 6) is -1.43. The number of anilines is 1. The van der Waals surface area contributed by atoms with Gasteiger partial charge in [0, 0.05) is 0 Å². The third-order valence-electron chi connectivity index (χ3n) is 5.32. The lowest BCUT2D eigenvalue weighted by atomic mass is 10.1. The summed E-state index contributed by atoms with van der Waals surface area (Å²) in [7, 11) is 1.42. The summed E-state index contributed by atoms with van der Waals surface area (Å²) in [5.41, 5.74) is 1.93. The van der Waals surface area contributed by atoms with Gasteiger partial charge in [0.1, 0.15) is 18.0 Å². The van der Waals surface area contributed by atoms with Gasteiger partial charge in [0.25, 0.3) is 11.8 Å². The highest BCUT2D eigenvalue weighted by Crippen LogP contribution is 2.38. The second kappa shape index (κ2) is 9.99. The third kappa shape index (κ3) is 5.02. The molecule has 1 aliphatic rings. The molecule has 35 heavy (non-hydrogen) atoms. The lowest BCUT2D eigenvalue weighted by Gasteiger charge is -2.27. The molecular weight excluding hydrogens is 475 g/mol. The van der Waals surface area contributed by atoms with Crippen molar-refractivity contribution < 1.29 is 28.2 Å². The Morgan fingerprint density at radius 3 is 2.46 bits per heavy atom. The summed E-state index contributed by atoms with van der Waals surface area (Å²) in [6.07, 6.45) is 1.33. The zero-order valence-electron chi connectivity index (χ0n) is 18.8. The number of benzene rings is 3. The van der Waals surface area contributed by atoms with E-state index in [0.29, 0.717) is 16.8 Å². The van der Waals surface area contributed by atoms with Crippen molar-refractivity contribution in [2.75, 3.05) is 12.0 Å². The number of hydrogen-bond donors (Lipinski definition) is 1. The van der Waals surface area contributed by atoms with E-state index in [4.69, 9.17) is 21.1 Å². The number of nitrogens with zero attached hydrogens (tertiary/aromatic N) is 1. The van der Waals surface area contributed by atoms with Gasteiger partial charge in [0.15, 0.2) is 11.5 Å². The Labute approximate surface area is 205 Å². The number of hydrogen-bond acceptors (Lipinski definition) is 5. The summed E-state index contributed by atoms with van der Waals surface area (Å²) >= 11 is 6.42. The van der Waals surface area contributed by atoms with Crippen LogP contribution >= 0.6 is 11.6 Å². The van der Waals surface area contributed by atoms with Gasteiger partial charge >= 0.3 is 6.03 Å². The molecule has 0 spiro atoms. The minimum atomic E-state index is -0.827. The summed E-state index contributed by atoms with van der Waals surface area (Å²) < 4.78 is 24.3. The van der Waals surface area contributed by atoms with Gasteiger partial charge in [-0.15, -0.1) is 0 Å². The molecule has 1 fully saturated rings. The number of ether oxygens (including phenoxy) is 2. The van der Waals surface area contributed by atoms with Crippen LogP contribution in [0.1, 0.15) is 16.7 Å². The van der Waals surface area contributed by atoms with Crippen LogP contribution in [0.2, 0.25) is 5.02 Å². The Morgan fingerprint density at radius 1 is 1.06 bits per heavy atom. The summed E-state index contributed by atoms with van der Waals surface area (Å²) in [5, 5.41) is 2.37. The molecule has 7 nitrogen and oxygen atoms in total. The summed E-state index contributed by atoms with van der Waals surface area (Å²) in [6, 6.07) is 14.9. The molecule has 1 N–H and O–H groups in total. The number of imide groups is 2. The smallest absolute Gasteiger partial charge is 0.335 e. The first-order valence-electron chi connectivity index (χ1n) is 10.5. The molecular formula is C26H20ClFN2O5. The number of halogens is 2. The van der Waals surface area contributed by atoms with Crippen molar-refractivity contribution in [3.05, 3.63) is 93.8 Å². The zero-order valence-corrected chi connectivity index (χ0v) is 19.6. The number of rotatable bonds is 6. The maximum absolute atomic E-state index is 13.2. The number of methoxy groups -OCH3 is 1. The Bertz CT molecular complexity index is 1350. The van der Waals surface area contributed by atoms with E-state index >= 15 is 0 Å². The van der Waals surface area contributed by atoms with Crippen LogP contribution < -0.4 is 19.7 Å². The molecule has 0 aromatic heterocycles. The molecule has 1 heterocycles. The highest BCUT2D eigenvalue weighted by molar-refractivity contribution is 6.39. The predicted octanol–water partition coefficient (Wildman–Crippen LogP) is 5.04. The largest absolute Gasteiger partial charge is 0.493 e. The van der Waals surface area contributed by atoms with Gasteiger partial charge in [-0.3, -0.25) is 14.9 Å². The summed E-state index contributed by atoms with van der Waals surface area (Å²) in [6.45, 7) is 1.87. The number of aryl methyl sites for hydroxylation is 1. The Hall–Kier alpha value is -4.17. The van der Waals surface area contributed by atoms with E-state index in [0.717, 1.165) is 10.5 Å². The second-order valence-corrected chi connectivity index (χ2v) is 8.10. The molecule has 9 heteroatoms. The van der Waals surface area contributed by atoms with Gasteiger partial charge in [-0.2, -0.15) is 0 Å². The van der Waals surface area contributed by atoms with Crippen molar-refractivity contribution in [2.45, 2.75) is 13.5 Å². The third-order valence-corrected chi connectivity index (χ3v) is 5.60. The van der Waals surface area contributed by atoms with Crippen LogP contribution in [0, 0.1) is 12.7 Å². The molecule has 178 valence electrons. The van der Waals surface area contributed by atoms with Crippen molar-refractivity contribution >= 4 is 41.2 Å². The standard InChI is InChI=1S/C26H20ClFN2O5/c1-15-5-3-4-6-21(15)30-25(32)19(24(31)29-26(30)33)11-17-12-20(27)23(22(13-17)34-2)35-14-16-7-9-18(28)10-8-16/h3-13H,14H2,1-2H3,(H,29,31,33)/b19-11+.